The lowest BCUT2D eigenvalue weighted by atomic mass is 10.0. The predicted octanol–water partition coefficient (Wildman–Crippen LogP) is 1.02. The second-order valence-corrected chi connectivity index (χ2v) is 6.55. The van der Waals surface area contributed by atoms with Crippen LogP contribution in [0.15, 0.2) is 34.0 Å². The molecule has 2 fully saturated rings. The maximum absolute atomic E-state index is 14.9. The summed E-state index contributed by atoms with van der Waals surface area (Å²) in [4.78, 5) is 27.4. The van der Waals surface area contributed by atoms with Crippen molar-refractivity contribution in [3.8, 4) is 11.4 Å². The molecular formula is C18H20FN3O5. The Labute approximate surface area is 154 Å². The molecule has 0 unspecified atom stereocenters. The highest BCUT2D eigenvalue weighted by Crippen LogP contribution is 2.36. The molecule has 0 amide bonds. The lowest BCUT2D eigenvalue weighted by Crippen LogP contribution is -2.45. The third kappa shape index (κ3) is 3.24. The van der Waals surface area contributed by atoms with Crippen molar-refractivity contribution in [3.63, 3.8) is 0 Å². The van der Waals surface area contributed by atoms with Gasteiger partial charge in [0.2, 0.25) is 0 Å². The third-order valence-electron chi connectivity index (χ3n) is 5.01. The molecule has 0 bridgehead atoms. The fraction of sp³-hybridized carbons (Fsp3) is 0.444. The van der Waals surface area contributed by atoms with E-state index in [-0.39, 0.29) is 5.69 Å². The highest BCUT2D eigenvalue weighted by Gasteiger charge is 2.40. The van der Waals surface area contributed by atoms with E-state index in [1.54, 1.807) is 6.07 Å². The Morgan fingerprint density at radius 2 is 1.85 bits per heavy atom. The van der Waals surface area contributed by atoms with E-state index in [4.69, 9.17) is 14.2 Å². The first-order valence-corrected chi connectivity index (χ1v) is 8.74. The molecule has 9 heteroatoms. The zero-order valence-electron chi connectivity index (χ0n) is 14.9. The standard InChI is InChI=1S/C18H20FN3O5/c1-25-15-11-13(21-6-3-18(4-7-21)26-8-9-27-18)12(19)10-14(15)22-5-2-16(23)20-17(22)24/h2,5,10-11H,3-4,6-9H2,1H3,(H,20,23,24). The average Bonchev–Trinajstić information content (AvgIpc) is 3.11. The van der Waals surface area contributed by atoms with Crippen LogP contribution in [0, 0.1) is 5.82 Å². The number of halogens is 1. The molecule has 0 radical (unpaired) electrons. The van der Waals surface area contributed by atoms with Crippen molar-refractivity contribution in [2.45, 2.75) is 18.6 Å². The molecule has 1 aromatic carbocycles. The quantitative estimate of drug-likeness (QED) is 0.860. The molecule has 144 valence electrons. The molecule has 0 atom stereocenters. The molecule has 2 aromatic rings. The summed E-state index contributed by atoms with van der Waals surface area (Å²) in [6.45, 7) is 2.34. The highest BCUT2D eigenvalue weighted by atomic mass is 19.1. The maximum Gasteiger partial charge on any atom is 0.333 e. The van der Waals surface area contributed by atoms with Gasteiger partial charge in [0.15, 0.2) is 5.79 Å². The maximum atomic E-state index is 14.9. The number of nitrogens with one attached hydrogen (secondary N) is 1. The van der Waals surface area contributed by atoms with Crippen LogP contribution < -0.4 is 20.9 Å². The average molecular weight is 377 g/mol. The van der Waals surface area contributed by atoms with E-state index < -0.39 is 22.9 Å². The van der Waals surface area contributed by atoms with Gasteiger partial charge in [0.05, 0.1) is 31.7 Å². The van der Waals surface area contributed by atoms with Gasteiger partial charge < -0.3 is 19.1 Å². The summed E-state index contributed by atoms with van der Waals surface area (Å²) < 4.78 is 32.8. The number of rotatable bonds is 3. The van der Waals surface area contributed by atoms with Gasteiger partial charge in [-0.15, -0.1) is 0 Å². The van der Waals surface area contributed by atoms with E-state index >= 15 is 0 Å². The van der Waals surface area contributed by atoms with Crippen molar-refractivity contribution in [1.82, 2.24) is 9.55 Å². The first kappa shape index (κ1) is 17.7. The molecule has 1 N–H and O–H groups in total. The number of piperidine rings is 1. The molecule has 2 saturated heterocycles. The smallest absolute Gasteiger partial charge is 0.333 e. The minimum atomic E-state index is -0.664. The van der Waals surface area contributed by atoms with Crippen LogP contribution in [0.25, 0.3) is 5.69 Å². The summed E-state index contributed by atoms with van der Waals surface area (Å²) in [5.74, 6) is -0.692. The molecular weight excluding hydrogens is 357 g/mol. The van der Waals surface area contributed by atoms with Gasteiger partial charge in [-0.05, 0) is 0 Å². The molecule has 4 rings (SSSR count). The van der Waals surface area contributed by atoms with Gasteiger partial charge in [-0.3, -0.25) is 14.3 Å². The van der Waals surface area contributed by atoms with E-state index in [1.807, 2.05) is 4.90 Å². The Hall–Kier alpha value is -2.65. The topological polar surface area (TPSA) is 85.8 Å². The van der Waals surface area contributed by atoms with Gasteiger partial charge in [0.25, 0.3) is 5.56 Å². The van der Waals surface area contributed by atoms with Crippen LogP contribution in [0.2, 0.25) is 0 Å². The minimum Gasteiger partial charge on any atom is -0.494 e. The molecule has 0 aliphatic carbocycles. The van der Waals surface area contributed by atoms with Gasteiger partial charge in [-0.2, -0.15) is 0 Å². The van der Waals surface area contributed by atoms with Gasteiger partial charge in [0.1, 0.15) is 11.6 Å². The van der Waals surface area contributed by atoms with Crippen LogP contribution in [0.1, 0.15) is 12.8 Å². The van der Waals surface area contributed by atoms with Crippen LogP contribution in [0.5, 0.6) is 5.75 Å². The number of H-pyrrole nitrogens is 1. The summed E-state index contributed by atoms with van der Waals surface area (Å²) >= 11 is 0. The number of methoxy groups -OCH3 is 1. The predicted molar refractivity (Wildman–Crippen MR) is 95.3 cm³/mol. The van der Waals surface area contributed by atoms with Crippen LogP contribution in [0.3, 0.4) is 0 Å². The summed E-state index contributed by atoms with van der Waals surface area (Å²) in [7, 11) is 1.45. The second kappa shape index (κ2) is 6.82. The normalized spacial score (nSPS) is 18.8. The summed E-state index contributed by atoms with van der Waals surface area (Å²) in [5, 5.41) is 0. The molecule has 8 nitrogen and oxygen atoms in total. The number of benzene rings is 1. The molecule has 1 spiro atoms. The Morgan fingerprint density at radius 1 is 1.15 bits per heavy atom. The van der Waals surface area contributed by atoms with E-state index in [0.29, 0.717) is 50.6 Å². The summed E-state index contributed by atoms with van der Waals surface area (Å²) in [6, 6.07) is 4.00. The number of anilines is 1. The van der Waals surface area contributed by atoms with E-state index in [0.717, 1.165) is 4.57 Å². The lowest BCUT2D eigenvalue weighted by molar-refractivity contribution is -0.169. The Morgan fingerprint density at radius 3 is 2.48 bits per heavy atom. The SMILES string of the molecule is COc1cc(N2CCC3(CC2)OCCO3)c(F)cc1-n1ccc(=O)[nH]c1=O. The van der Waals surface area contributed by atoms with Gasteiger partial charge in [0, 0.05) is 50.3 Å². The summed E-state index contributed by atoms with van der Waals surface area (Å²) in [6.07, 6.45) is 2.59. The van der Waals surface area contributed by atoms with Crippen molar-refractivity contribution in [3.05, 3.63) is 51.1 Å². The van der Waals surface area contributed by atoms with Crippen molar-refractivity contribution in [2.24, 2.45) is 0 Å². The van der Waals surface area contributed by atoms with Crippen molar-refractivity contribution in [1.29, 1.82) is 0 Å². The lowest BCUT2D eigenvalue weighted by Gasteiger charge is -2.38. The zero-order valence-corrected chi connectivity index (χ0v) is 14.9. The monoisotopic (exact) mass is 377 g/mol. The fourth-order valence-corrected chi connectivity index (χ4v) is 3.61. The molecule has 2 aliphatic heterocycles. The summed E-state index contributed by atoms with van der Waals surface area (Å²) in [5.41, 5.74) is -0.578. The van der Waals surface area contributed by atoms with Gasteiger partial charge >= 0.3 is 5.69 Å². The third-order valence-corrected chi connectivity index (χ3v) is 5.01. The van der Waals surface area contributed by atoms with Crippen molar-refractivity contribution in [2.75, 3.05) is 38.3 Å². The highest BCUT2D eigenvalue weighted by molar-refractivity contribution is 5.60. The Bertz CT molecular complexity index is 954. The van der Waals surface area contributed by atoms with Crippen LogP contribution >= 0.6 is 0 Å². The Balaban J connectivity index is 1.66. The molecule has 3 heterocycles. The number of ether oxygens (including phenoxy) is 3. The van der Waals surface area contributed by atoms with Gasteiger partial charge in [-0.1, -0.05) is 0 Å². The fourth-order valence-electron chi connectivity index (χ4n) is 3.61. The second-order valence-electron chi connectivity index (χ2n) is 6.55. The van der Waals surface area contributed by atoms with Crippen LogP contribution in [-0.2, 0) is 9.47 Å². The zero-order chi connectivity index (χ0) is 19.0. The minimum absolute atomic E-state index is 0.218. The largest absolute Gasteiger partial charge is 0.494 e. The van der Waals surface area contributed by atoms with E-state index in [2.05, 4.69) is 4.98 Å². The number of aromatic nitrogens is 2. The number of hydrogen-bond donors (Lipinski definition) is 1. The molecule has 1 aromatic heterocycles. The molecule has 27 heavy (non-hydrogen) atoms. The number of hydrogen-bond acceptors (Lipinski definition) is 6. The van der Waals surface area contributed by atoms with Crippen LogP contribution in [-0.4, -0.2) is 48.8 Å². The number of aromatic amines is 1. The Kier molecular flexibility index (Phi) is 4.48. The van der Waals surface area contributed by atoms with Crippen molar-refractivity contribution >= 4 is 5.69 Å². The van der Waals surface area contributed by atoms with Crippen molar-refractivity contribution < 1.29 is 18.6 Å². The van der Waals surface area contributed by atoms with E-state index in [1.165, 1.54) is 25.4 Å². The van der Waals surface area contributed by atoms with E-state index in [9.17, 15) is 14.0 Å². The number of nitrogens with zero attached hydrogens (tertiary/aromatic N) is 2. The van der Waals surface area contributed by atoms with Crippen LogP contribution in [0.4, 0.5) is 10.1 Å². The first-order valence-electron chi connectivity index (χ1n) is 8.74. The molecule has 2 aliphatic rings. The molecule has 0 saturated carbocycles. The van der Waals surface area contributed by atoms with Gasteiger partial charge in [-0.25, -0.2) is 9.18 Å². The first-order chi connectivity index (χ1) is 13.0.